The van der Waals surface area contributed by atoms with Crippen LogP contribution in [0.25, 0.3) is 0 Å². The monoisotopic (exact) mass is 221 g/mol. The molecule has 0 bridgehead atoms. The van der Waals surface area contributed by atoms with E-state index in [-0.39, 0.29) is 5.82 Å². The molecule has 1 aliphatic rings. The van der Waals surface area contributed by atoms with Crippen molar-refractivity contribution in [3.8, 4) is 0 Å². The van der Waals surface area contributed by atoms with Crippen LogP contribution < -0.4 is 0 Å². The Morgan fingerprint density at radius 2 is 2.44 bits per heavy atom. The van der Waals surface area contributed by atoms with Crippen LogP contribution in [0.15, 0.2) is 6.20 Å². The van der Waals surface area contributed by atoms with Gasteiger partial charge in [0.2, 0.25) is 5.82 Å². The Labute approximate surface area is 94.1 Å². The molecule has 0 fully saturated rings. The second-order valence-electron chi connectivity index (χ2n) is 4.00. The van der Waals surface area contributed by atoms with E-state index in [2.05, 4.69) is 21.8 Å². The van der Waals surface area contributed by atoms with Crippen LogP contribution in [0.4, 0.5) is 0 Å². The van der Waals surface area contributed by atoms with E-state index in [0.29, 0.717) is 0 Å². The van der Waals surface area contributed by atoms with Crippen molar-refractivity contribution >= 4 is 5.97 Å². The molecule has 0 aliphatic carbocycles. The molecule has 1 N–H and O–H groups in total. The molecule has 2 rings (SSSR count). The van der Waals surface area contributed by atoms with E-state index < -0.39 is 5.97 Å². The van der Waals surface area contributed by atoms with Gasteiger partial charge in [0.1, 0.15) is 0 Å². The van der Waals surface area contributed by atoms with Crippen molar-refractivity contribution in [3.63, 3.8) is 0 Å². The Balaban J connectivity index is 2.21. The average molecular weight is 221 g/mol. The van der Waals surface area contributed by atoms with Crippen molar-refractivity contribution in [2.45, 2.75) is 26.3 Å². The van der Waals surface area contributed by atoms with Crippen molar-refractivity contribution < 1.29 is 9.90 Å². The zero-order valence-corrected chi connectivity index (χ0v) is 9.31. The summed E-state index contributed by atoms with van der Waals surface area (Å²) in [5.74, 6) is -1.16. The number of aromatic nitrogens is 2. The van der Waals surface area contributed by atoms with Crippen molar-refractivity contribution in [2.24, 2.45) is 0 Å². The highest BCUT2D eigenvalue weighted by Gasteiger charge is 2.19. The molecule has 0 unspecified atom stereocenters. The Bertz CT molecular complexity index is 406. The number of carboxylic acid groups (broad SMARTS) is 1. The van der Waals surface area contributed by atoms with Crippen molar-refractivity contribution in [1.82, 2.24) is 14.9 Å². The number of hydrogen-bond donors (Lipinski definition) is 1. The summed E-state index contributed by atoms with van der Waals surface area (Å²) in [7, 11) is 0. The molecule has 86 valence electrons. The number of nitrogens with zero attached hydrogens (tertiary/aromatic N) is 3. The van der Waals surface area contributed by atoms with Crippen LogP contribution in [0.5, 0.6) is 0 Å². The molecule has 1 aromatic heterocycles. The fraction of sp³-hybridized carbons (Fsp3) is 0.545. The fourth-order valence-corrected chi connectivity index (χ4v) is 1.97. The van der Waals surface area contributed by atoms with E-state index in [1.165, 1.54) is 0 Å². The summed E-state index contributed by atoms with van der Waals surface area (Å²) in [5, 5.41) is 8.82. The largest absolute Gasteiger partial charge is 0.475 e. The van der Waals surface area contributed by atoms with Gasteiger partial charge in [-0.2, -0.15) is 0 Å². The second kappa shape index (κ2) is 4.57. The predicted molar refractivity (Wildman–Crippen MR) is 58.3 cm³/mol. The van der Waals surface area contributed by atoms with E-state index in [9.17, 15) is 4.79 Å². The summed E-state index contributed by atoms with van der Waals surface area (Å²) in [6, 6.07) is 0. The first-order valence-electron chi connectivity index (χ1n) is 5.51. The Morgan fingerprint density at radius 3 is 3.12 bits per heavy atom. The van der Waals surface area contributed by atoms with Crippen LogP contribution in [0.1, 0.15) is 35.2 Å². The maximum absolute atomic E-state index is 10.8. The quantitative estimate of drug-likeness (QED) is 0.823. The Morgan fingerprint density at radius 1 is 1.62 bits per heavy atom. The van der Waals surface area contributed by atoms with Gasteiger partial charge in [-0.25, -0.2) is 14.8 Å². The number of fused-ring (bicyclic) bond motifs is 1. The second-order valence-corrected chi connectivity index (χ2v) is 4.00. The van der Waals surface area contributed by atoms with E-state index in [0.717, 1.165) is 43.7 Å². The highest BCUT2D eigenvalue weighted by Crippen LogP contribution is 2.16. The number of carboxylic acids is 1. The van der Waals surface area contributed by atoms with Gasteiger partial charge in [0.05, 0.1) is 5.69 Å². The zero-order chi connectivity index (χ0) is 11.5. The van der Waals surface area contributed by atoms with E-state index in [1.807, 2.05) is 0 Å². The Kier molecular flexibility index (Phi) is 3.14. The summed E-state index contributed by atoms with van der Waals surface area (Å²) in [6.45, 7) is 4.92. The molecule has 0 atom stereocenters. The molecular formula is C11H15N3O2. The number of carbonyl (C=O) groups is 1. The van der Waals surface area contributed by atoms with Crippen LogP contribution in [-0.2, 0) is 13.0 Å². The third-order valence-corrected chi connectivity index (χ3v) is 2.76. The van der Waals surface area contributed by atoms with Gasteiger partial charge < -0.3 is 5.11 Å². The maximum Gasteiger partial charge on any atom is 0.373 e. The lowest BCUT2D eigenvalue weighted by atomic mass is 10.1. The zero-order valence-electron chi connectivity index (χ0n) is 9.31. The van der Waals surface area contributed by atoms with E-state index in [4.69, 9.17) is 5.11 Å². The summed E-state index contributed by atoms with van der Waals surface area (Å²) in [4.78, 5) is 21.0. The minimum absolute atomic E-state index is 0.0999. The van der Waals surface area contributed by atoms with Gasteiger partial charge in [0.25, 0.3) is 0 Å². The number of aromatic carboxylic acids is 1. The molecule has 0 aromatic carbocycles. The van der Waals surface area contributed by atoms with Gasteiger partial charge in [0.15, 0.2) is 0 Å². The van der Waals surface area contributed by atoms with Crippen LogP contribution >= 0.6 is 0 Å². The first-order chi connectivity index (χ1) is 7.70. The third kappa shape index (κ3) is 2.19. The summed E-state index contributed by atoms with van der Waals surface area (Å²) in [6.07, 6.45) is 3.66. The highest BCUT2D eigenvalue weighted by molar-refractivity contribution is 5.83. The van der Waals surface area contributed by atoms with Gasteiger partial charge in [-0.3, -0.25) is 4.90 Å². The van der Waals surface area contributed by atoms with Gasteiger partial charge in [-0.1, -0.05) is 6.92 Å². The van der Waals surface area contributed by atoms with Crippen molar-refractivity contribution in [1.29, 1.82) is 0 Å². The molecule has 0 amide bonds. The van der Waals surface area contributed by atoms with Crippen LogP contribution in [0.3, 0.4) is 0 Å². The fourth-order valence-electron chi connectivity index (χ4n) is 1.97. The van der Waals surface area contributed by atoms with Crippen LogP contribution in [0, 0.1) is 0 Å². The number of hydrogen-bond acceptors (Lipinski definition) is 4. The van der Waals surface area contributed by atoms with Gasteiger partial charge in [0, 0.05) is 19.3 Å². The highest BCUT2D eigenvalue weighted by atomic mass is 16.4. The lowest BCUT2D eigenvalue weighted by molar-refractivity contribution is 0.0682. The standard InChI is InChI=1S/C11H15N3O2/c1-2-4-14-5-3-8-6-12-10(11(15)16)13-9(8)7-14/h6H,2-5,7H2,1H3,(H,15,16). The minimum Gasteiger partial charge on any atom is -0.475 e. The van der Waals surface area contributed by atoms with Gasteiger partial charge >= 0.3 is 5.97 Å². The van der Waals surface area contributed by atoms with E-state index in [1.54, 1.807) is 6.20 Å². The minimum atomic E-state index is -1.06. The first kappa shape index (κ1) is 11.0. The molecule has 1 aromatic rings. The summed E-state index contributed by atoms with van der Waals surface area (Å²) in [5.41, 5.74) is 1.95. The SMILES string of the molecule is CCCN1CCc2cnc(C(=O)O)nc2C1. The predicted octanol–water partition coefficient (Wildman–Crippen LogP) is 0.943. The van der Waals surface area contributed by atoms with Gasteiger partial charge in [-0.05, 0) is 24.9 Å². The summed E-state index contributed by atoms with van der Waals surface area (Å²) < 4.78 is 0. The Hall–Kier alpha value is -1.49. The first-order valence-corrected chi connectivity index (χ1v) is 5.51. The number of rotatable bonds is 3. The molecule has 5 heteroatoms. The molecule has 0 saturated carbocycles. The molecule has 5 nitrogen and oxygen atoms in total. The molecule has 16 heavy (non-hydrogen) atoms. The summed E-state index contributed by atoms with van der Waals surface area (Å²) >= 11 is 0. The van der Waals surface area contributed by atoms with Crippen LogP contribution in [0.2, 0.25) is 0 Å². The molecule has 0 radical (unpaired) electrons. The lowest BCUT2D eigenvalue weighted by Gasteiger charge is -2.27. The molecular weight excluding hydrogens is 206 g/mol. The third-order valence-electron chi connectivity index (χ3n) is 2.76. The molecule has 0 spiro atoms. The molecule has 1 aliphatic heterocycles. The molecule has 2 heterocycles. The average Bonchev–Trinajstić information content (AvgIpc) is 2.28. The normalized spacial score (nSPS) is 15.8. The van der Waals surface area contributed by atoms with Crippen molar-refractivity contribution in [2.75, 3.05) is 13.1 Å². The maximum atomic E-state index is 10.8. The van der Waals surface area contributed by atoms with Crippen LogP contribution in [-0.4, -0.2) is 39.0 Å². The van der Waals surface area contributed by atoms with Gasteiger partial charge in [-0.15, -0.1) is 0 Å². The van der Waals surface area contributed by atoms with Crippen molar-refractivity contribution in [3.05, 3.63) is 23.3 Å². The van der Waals surface area contributed by atoms with E-state index >= 15 is 0 Å². The lowest BCUT2D eigenvalue weighted by Crippen LogP contribution is -2.32. The molecule has 0 saturated heterocycles. The topological polar surface area (TPSA) is 66.3 Å². The smallest absolute Gasteiger partial charge is 0.373 e.